The molecule has 1 aliphatic rings. The van der Waals surface area contributed by atoms with Crippen LogP contribution in [0, 0.1) is 5.41 Å². The van der Waals surface area contributed by atoms with E-state index in [0.29, 0.717) is 18.4 Å². The molecule has 188 valence electrons. The fraction of sp³-hybridized carbons (Fsp3) is 0.269. The molecule has 1 aliphatic carbocycles. The van der Waals surface area contributed by atoms with Gasteiger partial charge in [-0.2, -0.15) is 13.2 Å². The number of carbonyl (C=O) groups excluding carboxylic acids is 2. The van der Waals surface area contributed by atoms with Crippen molar-refractivity contribution >= 4 is 11.7 Å². The van der Waals surface area contributed by atoms with Gasteiger partial charge in [-0.25, -0.2) is 0 Å². The van der Waals surface area contributed by atoms with Crippen LogP contribution in [0.3, 0.4) is 0 Å². The van der Waals surface area contributed by atoms with Gasteiger partial charge in [-0.1, -0.05) is 12.1 Å². The maximum absolute atomic E-state index is 13.4. The molecular formula is C26H23F3N2O5. The molecule has 1 heterocycles. The Labute approximate surface area is 204 Å². The molecule has 1 amide bonds. The van der Waals surface area contributed by atoms with Crippen LogP contribution in [0.2, 0.25) is 0 Å². The molecule has 7 nitrogen and oxygen atoms in total. The zero-order valence-corrected chi connectivity index (χ0v) is 19.3. The summed E-state index contributed by atoms with van der Waals surface area (Å²) < 4.78 is 50.5. The van der Waals surface area contributed by atoms with E-state index in [1.807, 2.05) is 0 Å². The maximum atomic E-state index is 13.4. The average Bonchev–Trinajstić information content (AvgIpc) is 3.63. The van der Waals surface area contributed by atoms with E-state index in [4.69, 9.17) is 9.47 Å². The molecule has 0 saturated heterocycles. The van der Waals surface area contributed by atoms with E-state index < -0.39 is 17.2 Å². The number of halogens is 3. The summed E-state index contributed by atoms with van der Waals surface area (Å²) in [6, 6.07) is 12.2. The fourth-order valence-corrected chi connectivity index (χ4v) is 3.76. The molecular weight excluding hydrogens is 477 g/mol. The molecule has 2 aromatic carbocycles. The van der Waals surface area contributed by atoms with E-state index in [-0.39, 0.29) is 53.0 Å². The topological polar surface area (TPSA) is 97.5 Å². The standard InChI is InChI=1S/C26H23F3N2O5/c1-35-19-6-7-23(20(13-19)26(27,28)29)36-18-4-2-16(3-5-18)15-31-24(34)25(9-10-25)14-22(33)21-12-17(32)8-11-30-21/h2-8,11-13H,9-10,14-15H2,1H3,(H,30,32)(H,31,34). The molecule has 1 aromatic heterocycles. The summed E-state index contributed by atoms with van der Waals surface area (Å²) in [7, 11) is 1.28. The van der Waals surface area contributed by atoms with Crippen molar-refractivity contribution in [3.63, 3.8) is 0 Å². The minimum Gasteiger partial charge on any atom is -0.497 e. The van der Waals surface area contributed by atoms with Crippen LogP contribution in [0.1, 0.15) is 40.9 Å². The predicted octanol–water partition coefficient (Wildman–Crippen LogP) is 4.86. The number of benzene rings is 2. The van der Waals surface area contributed by atoms with Gasteiger partial charge in [0.05, 0.1) is 18.2 Å². The molecule has 1 fully saturated rings. The molecule has 2 N–H and O–H groups in total. The number of pyridine rings is 1. The van der Waals surface area contributed by atoms with Crippen LogP contribution in [0.15, 0.2) is 65.6 Å². The van der Waals surface area contributed by atoms with Crippen LogP contribution in [-0.2, 0) is 17.5 Å². The van der Waals surface area contributed by atoms with Crippen LogP contribution in [0.25, 0.3) is 0 Å². The minimum absolute atomic E-state index is 0.00500. The summed E-state index contributed by atoms with van der Waals surface area (Å²) in [5, 5.41) is 2.81. The second-order valence-corrected chi connectivity index (χ2v) is 8.61. The van der Waals surface area contributed by atoms with Crippen LogP contribution in [-0.4, -0.2) is 23.8 Å². The minimum atomic E-state index is -4.62. The van der Waals surface area contributed by atoms with Gasteiger partial charge < -0.3 is 19.8 Å². The van der Waals surface area contributed by atoms with Crippen molar-refractivity contribution in [3.05, 3.63) is 87.8 Å². The second kappa shape index (κ2) is 9.88. The highest BCUT2D eigenvalue weighted by atomic mass is 19.4. The lowest BCUT2D eigenvalue weighted by Gasteiger charge is -2.16. The van der Waals surface area contributed by atoms with Gasteiger partial charge in [-0.3, -0.25) is 14.4 Å². The summed E-state index contributed by atoms with van der Waals surface area (Å²) in [6.45, 7) is 0.174. The number of rotatable bonds is 9. The third-order valence-electron chi connectivity index (χ3n) is 6.00. The molecule has 0 atom stereocenters. The summed E-state index contributed by atoms with van der Waals surface area (Å²) in [6.07, 6.45) is -2.10. The smallest absolute Gasteiger partial charge is 0.420 e. The van der Waals surface area contributed by atoms with Crippen LogP contribution >= 0.6 is 0 Å². The first kappa shape index (κ1) is 25.0. The third-order valence-corrected chi connectivity index (χ3v) is 6.00. The highest BCUT2D eigenvalue weighted by Gasteiger charge is 2.51. The number of aromatic nitrogens is 1. The maximum Gasteiger partial charge on any atom is 0.420 e. The Hall–Kier alpha value is -4.08. The summed E-state index contributed by atoms with van der Waals surface area (Å²) in [5.74, 6) is -0.666. The molecule has 4 rings (SSSR count). The van der Waals surface area contributed by atoms with Crippen molar-refractivity contribution in [2.75, 3.05) is 7.11 Å². The Balaban J connectivity index is 1.36. The molecule has 0 bridgehead atoms. The monoisotopic (exact) mass is 500 g/mol. The van der Waals surface area contributed by atoms with Crippen LogP contribution in [0.4, 0.5) is 13.2 Å². The number of amides is 1. The van der Waals surface area contributed by atoms with E-state index in [1.54, 1.807) is 12.1 Å². The van der Waals surface area contributed by atoms with Gasteiger partial charge in [0, 0.05) is 31.3 Å². The summed E-state index contributed by atoms with van der Waals surface area (Å²) >= 11 is 0. The fourth-order valence-electron chi connectivity index (χ4n) is 3.76. The molecule has 10 heteroatoms. The van der Waals surface area contributed by atoms with Gasteiger partial charge in [0.1, 0.15) is 22.8 Å². The van der Waals surface area contributed by atoms with Gasteiger partial charge in [0.25, 0.3) is 0 Å². The van der Waals surface area contributed by atoms with E-state index >= 15 is 0 Å². The molecule has 0 aliphatic heterocycles. The average molecular weight is 500 g/mol. The lowest BCUT2D eigenvalue weighted by atomic mass is 9.96. The number of aromatic amines is 1. The van der Waals surface area contributed by atoms with Crippen molar-refractivity contribution in [1.29, 1.82) is 0 Å². The van der Waals surface area contributed by atoms with Crippen molar-refractivity contribution < 1.29 is 32.2 Å². The molecule has 0 unspecified atom stereocenters. The highest BCUT2D eigenvalue weighted by molar-refractivity contribution is 5.99. The molecule has 0 radical (unpaired) electrons. The van der Waals surface area contributed by atoms with Gasteiger partial charge >= 0.3 is 6.18 Å². The normalized spacial score (nSPS) is 14.1. The molecule has 3 aromatic rings. The number of nitrogens with one attached hydrogen (secondary N) is 2. The van der Waals surface area contributed by atoms with Crippen molar-refractivity contribution in [1.82, 2.24) is 10.3 Å². The number of carbonyl (C=O) groups is 2. The van der Waals surface area contributed by atoms with Gasteiger partial charge in [-0.05, 0) is 48.7 Å². The first-order chi connectivity index (χ1) is 17.1. The van der Waals surface area contributed by atoms with E-state index in [1.165, 1.54) is 49.7 Å². The Morgan fingerprint density at radius 1 is 1.03 bits per heavy atom. The van der Waals surface area contributed by atoms with E-state index in [2.05, 4.69) is 10.3 Å². The number of hydrogen-bond donors (Lipinski definition) is 2. The van der Waals surface area contributed by atoms with Crippen molar-refractivity contribution in [2.24, 2.45) is 5.41 Å². The quantitative estimate of drug-likeness (QED) is 0.409. The second-order valence-electron chi connectivity index (χ2n) is 8.61. The zero-order chi connectivity index (χ0) is 25.9. The number of H-pyrrole nitrogens is 1. The Morgan fingerprint density at radius 3 is 2.33 bits per heavy atom. The Morgan fingerprint density at radius 2 is 1.72 bits per heavy atom. The molecule has 1 saturated carbocycles. The SMILES string of the molecule is COc1ccc(Oc2ccc(CNC(=O)C3(CC(=O)c4cc(=O)cc[nH]4)CC3)cc2)c(C(F)(F)F)c1. The number of alkyl halides is 3. The predicted molar refractivity (Wildman–Crippen MR) is 124 cm³/mol. The number of ketones is 1. The first-order valence-corrected chi connectivity index (χ1v) is 11.1. The number of hydrogen-bond acceptors (Lipinski definition) is 5. The van der Waals surface area contributed by atoms with Gasteiger partial charge in [0.15, 0.2) is 11.2 Å². The number of methoxy groups -OCH3 is 1. The molecule has 36 heavy (non-hydrogen) atoms. The van der Waals surface area contributed by atoms with Gasteiger partial charge in [-0.15, -0.1) is 0 Å². The van der Waals surface area contributed by atoms with Crippen LogP contribution in [0.5, 0.6) is 17.2 Å². The van der Waals surface area contributed by atoms with Crippen molar-refractivity contribution in [3.8, 4) is 17.2 Å². The summed E-state index contributed by atoms with van der Waals surface area (Å²) in [4.78, 5) is 39.4. The highest BCUT2D eigenvalue weighted by Crippen LogP contribution is 2.49. The van der Waals surface area contributed by atoms with E-state index in [9.17, 15) is 27.6 Å². The largest absolute Gasteiger partial charge is 0.497 e. The number of ether oxygens (including phenoxy) is 2. The third kappa shape index (κ3) is 5.76. The molecule has 0 spiro atoms. The number of Topliss-reactive ketones (excluding diaryl/α,β-unsaturated/α-hetero) is 1. The Bertz CT molecular complexity index is 1330. The van der Waals surface area contributed by atoms with Crippen molar-refractivity contribution in [2.45, 2.75) is 32.0 Å². The van der Waals surface area contributed by atoms with Gasteiger partial charge in [0.2, 0.25) is 5.91 Å². The lowest BCUT2D eigenvalue weighted by Crippen LogP contribution is -2.33. The van der Waals surface area contributed by atoms with Crippen LogP contribution < -0.4 is 20.2 Å². The van der Waals surface area contributed by atoms with E-state index in [0.717, 1.165) is 6.07 Å². The Kier molecular flexibility index (Phi) is 6.87. The first-order valence-electron chi connectivity index (χ1n) is 11.1. The summed E-state index contributed by atoms with van der Waals surface area (Å²) in [5.41, 5.74) is -1.17. The zero-order valence-electron chi connectivity index (χ0n) is 19.3. The lowest BCUT2D eigenvalue weighted by molar-refractivity contribution is -0.138.